The third-order valence-electron chi connectivity index (χ3n) is 2.25. The van der Waals surface area contributed by atoms with Crippen molar-refractivity contribution in [3.8, 4) is 11.8 Å². The summed E-state index contributed by atoms with van der Waals surface area (Å²) in [6, 6.07) is 6.98. The number of aromatic nitrogens is 2. The van der Waals surface area contributed by atoms with Gasteiger partial charge in [0.05, 0.1) is 6.20 Å². The van der Waals surface area contributed by atoms with Crippen molar-refractivity contribution in [2.45, 2.75) is 0 Å². The standard InChI is InChI=1S/C14H11N3O2/c18-9-1-2-11-3-5-12(6-4-11)17-14(19)13-10-15-7-8-16-13/h3-8,10,18H,9H2,(H,17,19). The lowest BCUT2D eigenvalue weighted by Crippen LogP contribution is -2.13. The van der Waals surface area contributed by atoms with E-state index in [1.807, 2.05) is 0 Å². The molecule has 0 aliphatic carbocycles. The Labute approximate surface area is 110 Å². The van der Waals surface area contributed by atoms with Crippen molar-refractivity contribution in [3.05, 3.63) is 54.1 Å². The highest BCUT2D eigenvalue weighted by Gasteiger charge is 2.06. The maximum absolute atomic E-state index is 11.8. The molecule has 0 radical (unpaired) electrons. The van der Waals surface area contributed by atoms with Crippen molar-refractivity contribution in [3.63, 3.8) is 0 Å². The van der Waals surface area contributed by atoms with E-state index in [0.29, 0.717) is 5.69 Å². The van der Waals surface area contributed by atoms with Crippen LogP contribution in [0.25, 0.3) is 0 Å². The van der Waals surface area contributed by atoms with Gasteiger partial charge in [-0.2, -0.15) is 0 Å². The number of hydrogen-bond donors (Lipinski definition) is 2. The first-order valence-electron chi connectivity index (χ1n) is 5.57. The Morgan fingerprint density at radius 1 is 1.26 bits per heavy atom. The molecular formula is C14H11N3O2. The lowest BCUT2D eigenvalue weighted by atomic mass is 10.2. The normalized spacial score (nSPS) is 9.32. The van der Waals surface area contributed by atoms with Crippen molar-refractivity contribution >= 4 is 11.6 Å². The Bertz CT molecular complexity index is 613. The van der Waals surface area contributed by atoms with Gasteiger partial charge in [-0.05, 0) is 24.3 Å². The second-order valence-corrected chi connectivity index (χ2v) is 3.58. The van der Waals surface area contributed by atoms with Crippen LogP contribution in [0.3, 0.4) is 0 Å². The second-order valence-electron chi connectivity index (χ2n) is 3.58. The van der Waals surface area contributed by atoms with Crippen LogP contribution in [0.5, 0.6) is 0 Å². The van der Waals surface area contributed by atoms with Gasteiger partial charge in [-0.15, -0.1) is 0 Å². The molecule has 0 aliphatic heterocycles. The summed E-state index contributed by atoms with van der Waals surface area (Å²) in [7, 11) is 0. The van der Waals surface area contributed by atoms with Gasteiger partial charge < -0.3 is 10.4 Å². The van der Waals surface area contributed by atoms with Crippen LogP contribution in [0.4, 0.5) is 5.69 Å². The molecule has 0 atom stereocenters. The predicted molar refractivity (Wildman–Crippen MR) is 70.4 cm³/mol. The summed E-state index contributed by atoms with van der Waals surface area (Å²) in [4.78, 5) is 19.5. The lowest BCUT2D eigenvalue weighted by Gasteiger charge is -2.03. The molecule has 1 amide bonds. The highest BCUT2D eigenvalue weighted by atomic mass is 16.2. The number of hydrogen-bond acceptors (Lipinski definition) is 4. The van der Waals surface area contributed by atoms with Gasteiger partial charge in [0, 0.05) is 23.6 Å². The first-order valence-corrected chi connectivity index (χ1v) is 5.57. The summed E-state index contributed by atoms with van der Waals surface area (Å²) < 4.78 is 0. The van der Waals surface area contributed by atoms with Crippen LogP contribution in [0, 0.1) is 11.8 Å². The number of aliphatic hydroxyl groups excluding tert-OH is 1. The van der Waals surface area contributed by atoms with Gasteiger partial charge in [0.1, 0.15) is 12.3 Å². The van der Waals surface area contributed by atoms with Gasteiger partial charge in [0.25, 0.3) is 5.91 Å². The molecule has 1 heterocycles. The zero-order valence-corrected chi connectivity index (χ0v) is 10.00. The Balaban J connectivity index is 2.06. The third-order valence-corrected chi connectivity index (χ3v) is 2.25. The highest BCUT2D eigenvalue weighted by molar-refractivity contribution is 6.02. The molecule has 5 nitrogen and oxygen atoms in total. The van der Waals surface area contributed by atoms with E-state index in [0.717, 1.165) is 5.56 Å². The lowest BCUT2D eigenvalue weighted by molar-refractivity contribution is 0.102. The first kappa shape index (κ1) is 12.7. The predicted octanol–water partition coefficient (Wildman–Crippen LogP) is 1.07. The molecule has 94 valence electrons. The van der Waals surface area contributed by atoms with E-state index in [2.05, 4.69) is 27.1 Å². The summed E-state index contributed by atoms with van der Waals surface area (Å²) in [5, 5.41) is 11.3. The fraction of sp³-hybridized carbons (Fsp3) is 0.0714. The van der Waals surface area contributed by atoms with Gasteiger partial charge in [0.15, 0.2) is 0 Å². The SMILES string of the molecule is O=C(Nc1ccc(C#CCO)cc1)c1cnccn1. The van der Waals surface area contributed by atoms with E-state index in [9.17, 15) is 4.79 Å². The zero-order chi connectivity index (χ0) is 13.5. The van der Waals surface area contributed by atoms with Gasteiger partial charge in [-0.3, -0.25) is 9.78 Å². The quantitative estimate of drug-likeness (QED) is 0.785. The number of anilines is 1. The highest BCUT2D eigenvalue weighted by Crippen LogP contribution is 2.09. The molecule has 1 aromatic heterocycles. The minimum Gasteiger partial charge on any atom is -0.384 e. The van der Waals surface area contributed by atoms with Crippen LogP contribution in [-0.2, 0) is 0 Å². The van der Waals surface area contributed by atoms with Gasteiger partial charge in [0.2, 0.25) is 0 Å². The van der Waals surface area contributed by atoms with Gasteiger partial charge in [-0.1, -0.05) is 11.8 Å². The number of carbonyl (C=O) groups excluding carboxylic acids is 1. The molecule has 0 aliphatic rings. The number of benzene rings is 1. The summed E-state index contributed by atoms with van der Waals surface area (Å²) in [5.41, 5.74) is 1.67. The van der Waals surface area contributed by atoms with Crippen molar-refractivity contribution in [1.82, 2.24) is 9.97 Å². The number of carbonyl (C=O) groups is 1. The number of amides is 1. The fourth-order valence-corrected chi connectivity index (χ4v) is 1.39. The largest absolute Gasteiger partial charge is 0.384 e. The van der Waals surface area contributed by atoms with Crippen LogP contribution in [-0.4, -0.2) is 27.6 Å². The molecule has 0 saturated heterocycles. The summed E-state index contributed by atoms with van der Waals surface area (Å²) in [6.07, 6.45) is 4.37. The van der Waals surface area contributed by atoms with E-state index >= 15 is 0 Å². The Morgan fingerprint density at radius 3 is 2.68 bits per heavy atom. The molecule has 0 unspecified atom stereocenters. The fourth-order valence-electron chi connectivity index (χ4n) is 1.39. The number of aliphatic hydroxyl groups is 1. The maximum Gasteiger partial charge on any atom is 0.275 e. The van der Waals surface area contributed by atoms with E-state index in [4.69, 9.17) is 5.11 Å². The maximum atomic E-state index is 11.8. The van der Waals surface area contributed by atoms with E-state index in [1.54, 1.807) is 24.3 Å². The average molecular weight is 253 g/mol. The van der Waals surface area contributed by atoms with Crippen LogP contribution in [0.1, 0.15) is 16.1 Å². The smallest absolute Gasteiger partial charge is 0.275 e. The summed E-state index contributed by atoms with van der Waals surface area (Å²) in [5.74, 6) is 5.00. The molecule has 0 saturated carbocycles. The molecule has 5 heteroatoms. The van der Waals surface area contributed by atoms with Gasteiger partial charge >= 0.3 is 0 Å². The average Bonchev–Trinajstić information content (AvgIpc) is 2.47. The molecule has 2 rings (SSSR count). The summed E-state index contributed by atoms with van der Waals surface area (Å²) >= 11 is 0. The van der Waals surface area contributed by atoms with Crippen LogP contribution >= 0.6 is 0 Å². The van der Waals surface area contributed by atoms with Crippen LogP contribution in [0.15, 0.2) is 42.9 Å². The monoisotopic (exact) mass is 253 g/mol. The molecule has 0 fully saturated rings. The zero-order valence-electron chi connectivity index (χ0n) is 10.00. The van der Waals surface area contributed by atoms with Crippen molar-refractivity contribution in [1.29, 1.82) is 0 Å². The Morgan fingerprint density at radius 2 is 2.05 bits per heavy atom. The molecule has 0 bridgehead atoms. The first-order chi connectivity index (χ1) is 9.29. The topological polar surface area (TPSA) is 75.1 Å². The van der Waals surface area contributed by atoms with Crippen molar-refractivity contribution < 1.29 is 9.90 Å². The number of nitrogens with zero attached hydrogens (tertiary/aromatic N) is 2. The minimum absolute atomic E-state index is 0.175. The van der Waals surface area contributed by atoms with Gasteiger partial charge in [-0.25, -0.2) is 4.98 Å². The molecule has 2 N–H and O–H groups in total. The number of rotatable bonds is 2. The van der Waals surface area contributed by atoms with E-state index in [1.165, 1.54) is 18.6 Å². The minimum atomic E-state index is -0.317. The molecule has 2 aromatic rings. The molecule has 0 spiro atoms. The Hall–Kier alpha value is -2.71. The van der Waals surface area contributed by atoms with Crippen molar-refractivity contribution in [2.24, 2.45) is 0 Å². The molecule has 1 aromatic carbocycles. The Kier molecular flexibility index (Phi) is 4.21. The number of nitrogens with one attached hydrogen (secondary N) is 1. The molecular weight excluding hydrogens is 242 g/mol. The van der Waals surface area contributed by atoms with E-state index in [-0.39, 0.29) is 18.2 Å². The third kappa shape index (κ3) is 3.63. The second kappa shape index (κ2) is 6.28. The van der Waals surface area contributed by atoms with Crippen molar-refractivity contribution in [2.75, 3.05) is 11.9 Å². The van der Waals surface area contributed by atoms with E-state index < -0.39 is 0 Å². The van der Waals surface area contributed by atoms with Crippen LogP contribution in [0.2, 0.25) is 0 Å². The van der Waals surface area contributed by atoms with Crippen LogP contribution < -0.4 is 5.32 Å². The molecule has 19 heavy (non-hydrogen) atoms. The summed E-state index contributed by atoms with van der Waals surface area (Å²) in [6.45, 7) is -0.175.